The van der Waals surface area contributed by atoms with Crippen LogP contribution in [-0.2, 0) is 0 Å². The highest BCUT2D eigenvalue weighted by atomic mass is 16.1. The van der Waals surface area contributed by atoms with Crippen molar-refractivity contribution in [2.45, 2.75) is 12.8 Å². The van der Waals surface area contributed by atoms with Gasteiger partial charge in [0.05, 0.1) is 5.56 Å². The molecule has 92 valence electrons. The molecule has 17 heavy (non-hydrogen) atoms. The van der Waals surface area contributed by atoms with Crippen LogP contribution in [0.25, 0.3) is 0 Å². The Balaban J connectivity index is 1.87. The molecule has 4 nitrogen and oxygen atoms in total. The first-order chi connectivity index (χ1) is 8.27. The first kappa shape index (κ1) is 11.9. The van der Waals surface area contributed by atoms with Crippen LogP contribution in [-0.4, -0.2) is 25.5 Å². The minimum Gasteiger partial charge on any atom is -0.398 e. The molecule has 0 aromatic heterocycles. The molecule has 0 radical (unpaired) electrons. The van der Waals surface area contributed by atoms with Crippen LogP contribution in [0.2, 0.25) is 0 Å². The molecule has 2 rings (SSSR count). The summed E-state index contributed by atoms with van der Waals surface area (Å²) in [7, 11) is 0. The van der Waals surface area contributed by atoms with E-state index >= 15 is 0 Å². The third-order valence-corrected chi connectivity index (χ3v) is 3.16. The monoisotopic (exact) mass is 233 g/mol. The van der Waals surface area contributed by atoms with E-state index in [1.165, 1.54) is 12.8 Å². The average Bonchev–Trinajstić information content (AvgIpc) is 2.38. The summed E-state index contributed by atoms with van der Waals surface area (Å²) in [5.41, 5.74) is 6.86. The maximum absolute atomic E-state index is 11.9. The van der Waals surface area contributed by atoms with E-state index in [1.54, 1.807) is 12.1 Å². The van der Waals surface area contributed by atoms with Gasteiger partial charge in [-0.15, -0.1) is 0 Å². The molecule has 0 saturated carbocycles. The van der Waals surface area contributed by atoms with Gasteiger partial charge in [0.25, 0.3) is 5.91 Å². The van der Waals surface area contributed by atoms with Crippen molar-refractivity contribution in [1.82, 2.24) is 10.6 Å². The number of nitrogen functional groups attached to an aromatic ring is 1. The minimum atomic E-state index is -0.0753. The van der Waals surface area contributed by atoms with Gasteiger partial charge in [0.15, 0.2) is 0 Å². The van der Waals surface area contributed by atoms with Gasteiger partial charge in [-0.25, -0.2) is 0 Å². The summed E-state index contributed by atoms with van der Waals surface area (Å²) in [6, 6.07) is 7.16. The largest absolute Gasteiger partial charge is 0.398 e. The highest BCUT2D eigenvalue weighted by Gasteiger charge is 2.15. The number of nitrogens with one attached hydrogen (secondary N) is 2. The van der Waals surface area contributed by atoms with Gasteiger partial charge in [0.1, 0.15) is 0 Å². The van der Waals surface area contributed by atoms with E-state index in [0.29, 0.717) is 17.2 Å². The summed E-state index contributed by atoms with van der Waals surface area (Å²) in [5.74, 6) is 0.464. The van der Waals surface area contributed by atoms with Crippen LogP contribution in [0, 0.1) is 5.92 Å². The Morgan fingerprint density at radius 1 is 1.47 bits per heavy atom. The Morgan fingerprint density at radius 2 is 2.29 bits per heavy atom. The fourth-order valence-corrected chi connectivity index (χ4v) is 2.13. The van der Waals surface area contributed by atoms with Gasteiger partial charge in [-0.05, 0) is 44.0 Å². The maximum atomic E-state index is 11.9. The van der Waals surface area contributed by atoms with Crippen molar-refractivity contribution in [3.8, 4) is 0 Å². The second-order valence-electron chi connectivity index (χ2n) is 4.51. The van der Waals surface area contributed by atoms with Crippen molar-refractivity contribution in [1.29, 1.82) is 0 Å². The summed E-state index contributed by atoms with van der Waals surface area (Å²) in [6.07, 6.45) is 2.37. The molecule has 1 saturated heterocycles. The number of rotatable bonds is 3. The normalized spacial score (nSPS) is 19.9. The standard InChI is InChI=1S/C13H19N3O/c14-12-6-2-1-5-11(12)13(17)16-9-10-4-3-7-15-8-10/h1-2,5-6,10,15H,3-4,7-9,14H2,(H,16,17). The predicted octanol–water partition coefficient (Wildman–Crippen LogP) is 0.998. The lowest BCUT2D eigenvalue weighted by Gasteiger charge is -2.22. The van der Waals surface area contributed by atoms with Crippen LogP contribution < -0.4 is 16.4 Å². The molecule has 0 spiro atoms. The molecule has 1 aliphatic rings. The lowest BCUT2D eigenvalue weighted by Crippen LogP contribution is -2.38. The van der Waals surface area contributed by atoms with E-state index in [1.807, 2.05) is 12.1 Å². The van der Waals surface area contributed by atoms with Crippen LogP contribution >= 0.6 is 0 Å². The van der Waals surface area contributed by atoms with Gasteiger partial charge in [0, 0.05) is 12.2 Å². The molecule has 1 aromatic carbocycles. The third kappa shape index (κ3) is 3.20. The van der Waals surface area contributed by atoms with E-state index in [4.69, 9.17) is 5.73 Å². The summed E-state index contributed by atoms with van der Waals surface area (Å²) < 4.78 is 0. The fraction of sp³-hybridized carbons (Fsp3) is 0.462. The Labute approximate surface area is 102 Å². The second-order valence-corrected chi connectivity index (χ2v) is 4.51. The quantitative estimate of drug-likeness (QED) is 0.682. The van der Waals surface area contributed by atoms with Crippen molar-refractivity contribution in [3.05, 3.63) is 29.8 Å². The van der Waals surface area contributed by atoms with Gasteiger partial charge >= 0.3 is 0 Å². The summed E-state index contributed by atoms with van der Waals surface area (Å²) in [5, 5.41) is 6.28. The predicted molar refractivity (Wildman–Crippen MR) is 68.8 cm³/mol. The Kier molecular flexibility index (Phi) is 3.98. The zero-order chi connectivity index (χ0) is 12.1. The number of hydrogen-bond donors (Lipinski definition) is 3. The summed E-state index contributed by atoms with van der Waals surface area (Å²) in [4.78, 5) is 11.9. The van der Waals surface area contributed by atoms with Gasteiger partial charge in [-0.2, -0.15) is 0 Å². The van der Waals surface area contributed by atoms with E-state index in [9.17, 15) is 4.79 Å². The molecule has 1 aromatic rings. The van der Waals surface area contributed by atoms with Gasteiger partial charge in [-0.3, -0.25) is 4.79 Å². The van der Waals surface area contributed by atoms with Crippen molar-refractivity contribution in [2.75, 3.05) is 25.4 Å². The number of carbonyl (C=O) groups is 1. The number of carbonyl (C=O) groups excluding carboxylic acids is 1. The number of nitrogens with two attached hydrogens (primary N) is 1. The van der Waals surface area contributed by atoms with E-state index in [-0.39, 0.29) is 5.91 Å². The molecule has 1 unspecified atom stereocenters. The molecule has 0 aliphatic carbocycles. The van der Waals surface area contributed by atoms with E-state index < -0.39 is 0 Å². The zero-order valence-electron chi connectivity index (χ0n) is 9.91. The molecule has 1 atom stereocenters. The maximum Gasteiger partial charge on any atom is 0.253 e. The SMILES string of the molecule is Nc1ccccc1C(=O)NCC1CCCNC1. The molecular formula is C13H19N3O. The zero-order valence-corrected chi connectivity index (χ0v) is 9.91. The van der Waals surface area contributed by atoms with Crippen molar-refractivity contribution in [2.24, 2.45) is 5.92 Å². The highest BCUT2D eigenvalue weighted by Crippen LogP contribution is 2.11. The topological polar surface area (TPSA) is 67.2 Å². The van der Waals surface area contributed by atoms with Crippen LogP contribution in [0.5, 0.6) is 0 Å². The molecule has 1 aliphatic heterocycles. The molecule has 0 bridgehead atoms. The molecular weight excluding hydrogens is 214 g/mol. The summed E-state index contributed by atoms with van der Waals surface area (Å²) >= 11 is 0. The first-order valence-electron chi connectivity index (χ1n) is 6.11. The molecule has 4 N–H and O–H groups in total. The number of benzene rings is 1. The van der Waals surface area contributed by atoms with Gasteiger partial charge < -0.3 is 16.4 Å². The van der Waals surface area contributed by atoms with Crippen LogP contribution in [0.4, 0.5) is 5.69 Å². The number of piperidine rings is 1. The number of amides is 1. The smallest absolute Gasteiger partial charge is 0.253 e. The summed E-state index contributed by atoms with van der Waals surface area (Å²) in [6.45, 7) is 2.81. The molecule has 1 fully saturated rings. The average molecular weight is 233 g/mol. The molecule has 4 heteroatoms. The lowest BCUT2D eigenvalue weighted by atomic mass is 9.99. The van der Waals surface area contributed by atoms with Crippen molar-refractivity contribution >= 4 is 11.6 Å². The van der Waals surface area contributed by atoms with Gasteiger partial charge in [0.2, 0.25) is 0 Å². The number of para-hydroxylation sites is 1. The Hall–Kier alpha value is -1.55. The number of anilines is 1. The third-order valence-electron chi connectivity index (χ3n) is 3.16. The van der Waals surface area contributed by atoms with Crippen LogP contribution in [0.1, 0.15) is 23.2 Å². The Bertz CT molecular complexity index is 386. The van der Waals surface area contributed by atoms with Crippen LogP contribution in [0.15, 0.2) is 24.3 Å². The Morgan fingerprint density at radius 3 is 3.00 bits per heavy atom. The van der Waals surface area contributed by atoms with E-state index in [2.05, 4.69) is 10.6 Å². The number of hydrogen-bond acceptors (Lipinski definition) is 3. The highest BCUT2D eigenvalue weighted by molar-refractivity contribution is 5.99. The second kappa shape index (κ2) is 5.68. The fourth-order valence-electron chi connectivity index (χ4n) is 2.13. The van der Waals surface area contributed by atoms with Crippen molar-refractivity contribution < 1.29 is 4.79 Å². The first-order valence-corrected chi connectivity index (χ1v) is 6.11. The van der Waals surface area contributed by atoms with Crippen LogP contribution in [0.3, 0.4) is 0 Å². The lowest BCUT2D eigenvalue weighted by molar-refractivity contribution is 0.0945. The van der Waals surface area contributed by atoms with E-state index in [0.717, 1.165) is 19.6 Å². The molecule has 1 amide bonds. The molecule has 1 heterocycles. The van der Waals surface area contributed by atoms with Crippen molar-refractivity contribution in [3.63, 3.8) is 0 Å². The van der Waals surface area contributed by atoms with Gasteiger partial charge in [-0.1, -0.05) is 12.1 Å². The minimum absolute atomic E-state index is 0.0753.